The first-order chi connectivity index (χ1) is 13.8. The molecule has 1 aliphatic carbocycles. The average molecular weight is 381 g/mol. The number of morpholine rings is 1. The van der Waals surface area contributed by atoms with Gasteiger partial charge < -0.3 is 20.6 Å². The van der Waals surface area contributed by atoms with Crippen LogP contribution < -0.4 is 5.32 Å². The van der Waals surface area contributed by atoms with Crippen LogP contribution in [0.25, 0.3) is 16.5 Å². The minimum absolute atomic E-state index is 0.398. The van der Waals surface area contributed by atoms with Gasteiger partial charge in [0, 0.05) is 42.3 Å². The van der Waals surface area contributed by atoms with E-state index in [1.54, 1.807) is 6.33 Å². The molecule has 2 fully saturated rings. The monoisotopic (exact) mass is 381 g/mol. The zero-order valence-corrected chi connectivity index (χ0v) is 16.0. The van der Waals surface area contributed by atoms with E-state index in [-0.39, 0.29) is 0 Å². The summed E-state index contributed by atoms with van der Waals surface area (Å²) in [4.78, 5) is 11.4. The highest BCUT2D eigenvalue weighted by Crippen LogP contribution is 2.29. The molecule has 7 nitrogen and oxygen atoms in total. The van der Waals surface area contributed by atoms with Crippen LogP contribution in [-0.2, 0) is 4.74 Å². The lowest BCUT2D eigenvalue weighted by atomic mass is 9.90. The predicted octanol–water partition coefficient (Wildman–Crippen LogP) is 3.23. The molecule has 0 unspecified atom stereocenters. The van der Waals surface area contributed by atoms with Gasteiger partial charge in [0.1, 0.15) is 12.1 Å². The Morgan fingerprint density at radius 2 is 1.96 bits per heavy atom. The molecule has 7 heteroatoms. The van der Waals surface area contributed by atoms with Gasteiger partial charge in [0.05, 0.1) is 25.0 Å². The summed E-state index contributed by atoms with van der Waals surface area (Å²) in [6, 6.07) is 6.76. The van der Waals surface area contributed by atoms with Crippen LogP contribution in [-0.4, -0.2) is 64.6 Å². The summed E-state index contributed by atoms with van der Waals surface area (Å²) in [6.45, 7) is 3.81. The number of aromatic nitrogens is 2. The van der Waals surface area contributed by atoms with Crippen molar-refractivity contribution in [3.63, 3.8) is 0 Å². The Kier molecular flexibility index (Phi) is 5.83. The maximum atomic E-state index is 9.34. The highest BCUT2D eigenvalue weighted by atomic mass is 16.5. The smallest absolute Gasteiger partial charge is 0.137 e. The molecule has 2 heterocycles. The number of allylic oxidation sites excluding steroid dienone is 1. The second kappa shape index (κ2) is 8.67. The minimum atomic E-state index is 0.398. The molecule has 2 aromatic rings. The Morgan fingerprint density at radius 3 is 2.68 bits per heavy atom. The SMILES string of the molecule is N=C/C(=C\O)c1ccc2ncnc(NC3CCC(N4CCOCC4)CC3)c2c1. The Bertz CT molecular complexity index is 855. The molecule has 0 atom stereocenters. The topological polar surface area (TPSA) is 94.4 Å². The van der Waals surface area contributed by atoms with Gasteiger partial charge in [-0.3, -0.25) is 4.90 Å². The van der Waals surface area contributed by atoms with Crippen LogP contribution in [0.4, 0.5) is 5.82 Å². The van der Waals surface area contributed by atoms with E-state index >= 15 is 0 Å². The van der Waals surface area contributed by atoms with E-state index in [2.05, 4.69) is 20.2 Å². The van der Waals surface area contributed by atoms with Gasteiger partial charge in [-0.25, -0.2) is 9.97 Å². The zero-order chi connectivity index (χ0) is 19.3. The van der Waals surface area contributed by atoms with Gasteiger partial charge in [-0.1, -0.05) is 6.07 Å². The third-order valence-electron chi connectivity index (χ3n) is 5.86. The Balaban J connectivity index is 1.47. The molecule has 1 aromatic heterocycles. The van der Waals surface area contributed by atoms with Gasteiger partial charge in [-0.05, 0) is 43.4 Å². The van der Waals surface area contributed by atoms with Gasteiger partial charge in [-0.15, -0.1) is 0 Å². The number of nitrogens with one attached hydrogen (secondary N) is 2. The second-order valence-corrected chi connectivity index (χ2v) is 7.48. The molecule has 1 aliphatic heterocycles. The summed E-state index contributed by atoms with van der Waals surface area (Å²) >= 11 is 0. The molecule has 0 amide bonds. The Morgan fingerprint density at radius 1 is 1.18 bits per heavy atom. The summed E-state index contributed by atoms with van der Waals surface area (Å²) in [5.74, 6) is 0.823. The van der Waals surface area contributed by atoms with Crippen LogP contribution in [0.1, 0.15) is 31.2 Å². The molecule has 0 radical (unpaired) electrons. The molecule has 28 heavy (non-hydrogen) atoms. The minimum Gasteiger partial charge on any atom is -0.515 e. The van der Waals surface area contributed by atoms with Crippen LogP contribution in [0.2, 0.25) is 0 Å². The zero-order valence-electron chi connectivity index (χ0n) is 16.0. The fraction of sp³-hybridized carbons (Fsp3) is 0.476. The molecule has 1 aromatic carbocycles. The first kappa shape index (κ1) is 18.8. The van der Waals surface area contributed by atoms with Crippen LogP contribution in [0, 0.1) is 5.41 Å². The number of rotatable bonds is 5. The normalized spacial score (nSPS) is 24.2. The van der Waals surface area contributed by atoms with Crippen molar-refractivity contribution in [2.45, 2.75) is 37.8 Å². The molecule has 2 aliphatic rings. The van der Waals surface area contributed by atoms with Gasteiger partial charge >= 0.3 is 0 Å². The fourth-order valence-electron chi connectivity index (χ4n) is 4.27. The molecule has 0 spiro atoms. The summed E-state index contributed by atoms with van der Waals surface area (Å²) in [7, 11) is 0. The van der Waals surface area contributed by atoms with E-state index in [1.807, 2.05) is 18.2 Å². The van der Waals surface area contributed by atoms with Crippen LogP contribution in [0.15, 0.2) is 30.8 Å². The van der Waals surface area contributed by atoms with E-state index in [0.717, 1.165) is 73.9 Å². The van der Waals surface area contributed by atoms with Crippen molar-refractivity contribution in [2.24, 2.45) is 0 Å². The lowest BCUT2D eigenvalue weighted by Gasteiger charge is -2.39. The van der Waals surface area contributed by atoms with Crippen molar-refractivity contribution in [3.8, 4) is 0 Å². The molecular formula is C21H27N5O2. The molecule has 148 valence electrons. The van der Waals surface area contributed by atoms with E-state index in [0.29, 0.717) is 17.7 Å². The summed E-state index contributed by atoms with van der Waals surface area (Å²) in [5.41, 5.74) is 2.09. The van der Waals surface area contributed by atoms with Gasteiger partial charge in [0.15, 0.2) is 0 Å². The van der Waals surface area contributed by atoms with Crippen molar-refractivity contribution >= 4 is 28.5 Å². The van der Waals surface area contributed by atoms with Gasteiger partial charge in [0.25, 0.3) is 0 Å². The highest BCUT2D eigenvalue weighted by Gasteiger charge is 2.27. The summed E-state index contributed by atoms with van der Waals surface area (Å²) in [6.07, 6.45) is 8.31. The van der Waals surface area contributed by atoms with Crippen molar-refractivity contribution in [1.82, 2.24) is 14.9 Å². The molecular weight excluding hydrogens is 354 g/mol. The molecule has 0 bridgehead atoms. The fourth-order valence-corrected chi connectivity index (χ4v) is 4.27. The first-order valence-corrected chi connectivity index (χ1v) is 9.97. The largest absolute Gasteiger partial charge is 0.515 e. The number of aliphatic hydroxyl groups is 1. The Labute approximate surface area is 164 Å². The van der Waals surface area contributed by atoms with Crippen LogP contribution in [0.5, 0.6) is 0 Å². The Hall–Kier alpha value is -2.51. The third-order valence-corrected chi connectivity index (χ3v) is 5.86. The summed E-state index contributed by atoms with van der Waals surface area (Å²) in [5, 5.41) is 21.3. The quantitative estimate of drug-likeness (QED) is 0.544. The number of ether oxygens (including phenoxy) is 1. The van der Waals surface area contributed by atoms with E-state index in [1.165, 1.54) is 12.8 Å². The first-order valence-electron chi connectivity index (χ1n) is 9.97. The van der Waals surface area contributed by atoms with Crippen molar-refractivity contribution in [2.75, 3.05) is 31.6 Å². The molecule has 1 saturated heterocycles. The van der Waals surface area contributed by atoms with Crippen LogP contribution in [0.3, 0.4) is 0 Å². The number of anilines is 1. The number of hydrogen-bond donors (Lipinski definition) is 3. The number of aliphatic hydroxyl groups excluding tert-OH is 1. The number of hydrogen-bond acceptors (Lipinski definition) is 7. The molecule has 3 N–H and O–H groups in total. The third kappa shape index (κ3) is 4.00. The maximum absolute atomic E-state index is 9.34. The second-order valence-electron chi connectivity index (χ2n) is 7.48. The van der Waals surface area contributed by atoms with Crippen molar-refractivity contribution in [3.05, 3.63) is 36.4 Å². The predicted molar refractivity (Wildman–Crippen MR) is 111 cm³/mol. The van der Waals surface area contributed by atoms with Gasteiger partial charge in [-0.2, -0.15) is 0 Å². The average Bonchev–Trinajstić information content (AvgIpc) is 2.76. The molecule has 1 saturated carbocycles. The number of nitrogens with zero attached hydrogens (tertiary/aromatic N) is 3. The lowest BCUT2D eigenvalue weighted by molar-refractivity contribution is 0.00791. The standard InChI is InChI=1S/C21H27N5O2/c22-12-16(13-27)15-1-6-20-19(11-15)21(24-14-23-20)25-17-2-4-18(5-3-17)26-7-9-28-10-8-26/h1,6,11-14,17-18,22,27H,2-5,7-10H2,(H,23,24,25)/b16-13+,22-12?. The number of benzene rings is 1. The highest BCUT2D eigenvalue weighted by molar-refractivity contribution is 6.09. The van der Waals surface area contributed by atoms with Gasteiger partial charge in [0.2, 0.25) is 0 Å². The van der Waals surface area contributed by atoms with Crippen LogP contribution >= 0.6 is 0 Å². The van der Waals surface area contributed by atoms with E-state index < -0.39 is 0 Å². The van der Waals surface area contributed by atoms with Crippen molar-refractivity contribution in [1.29, 1.82) is 5.41 Å². The number of fused-ring (bicyclic) bond motifs is 1. The molecule has 4 rings (SSSR count). The summed E-state index contributed by atoms with van der Waals surface area (Å²) < 4.78 is 5.47. The van der Waals surface area contributed by atoms with E-state index in [4.69, 9.17) is 10.1 Å². The van der Waals surface area contributed by atoms with Crippen molar-refractivity contribution < 1.29 is 9.84 Å². The lowest BCUT2D eigenvalue weighted by Crippen LogP contribution is -2.46. The maximum Gasteiger partial charge on any atom is 0.137 e. The van der Waals surface area contributed by atoms with E-state index in [9.17, 15) is 5.11 Å².